The summed E-state index contributed by atoms with van der Waals surface area (Å²) in [4.78, 5) is 2.59. The van der Waals surface area contributed by atoms with Crippen molar-refractivity contribution < 1.29 is 0 Å². The van der Waals surface area contributed by atoms with Gasteiger partial charge in [0.2, 0.25) is 0 Å². The van der Waals surface area contributed by atoms with Gasteiger partial charge in [0.25, 0.3) is 0 Å². The van der Waals surface area contributed by atoms with Crippen molar-refractivity contribution in [2.24, 2.45) is 11.3 Å². The molecule has 1 saturated carbocycles. The molecule has 1 nitrogen and oxygen atoms in total. The number of nitrogens with zero attached hydrogens (tertiary/aromatic N) is 1. The molecule has 0 radical (unpaired) electrons. The van der Waals surface area contributed by atoms with Crippen LogP contribution in [0.25, 0.3) is 0 Å². The molecule has 2 rings (SSSR count). The van der Waals surface area contributed by atoms with E-state index in [9.17, 15) is 0 Å². The highest BCUT2D eigenvalue weighted by Gasteiger charge is 2.57. The van der Waals surface area contributed by atoms with Gasteiger partial charge in [0, 0.05) is 5.54 Å². The lowest BCUT2D eigenvalue weighted by Gasteiger charge is -2.47. The van der Waals surface area contributed by atoms with Gasteiger partial charge in [-0.25, -0.2) is 0 Å². The largest absolute Gasteiger partial charge is 0.300 e. The van der Waals surface area contributed by atoms with Crippen LogP contribution in [0.1, 0.15) is 40.0 Å². The first kappa shape index (κ1) is 10.2. The van der Waals surface area contributed by atoms with Gasteiger partial charge in [0.1, 0.15) is 0 Å². The highest BCUT2D eigenvalue weighted by molar-refractivity contribution is 5.25. The Bertz CT molecular complexity index is 261. The zero-order valence-electron chi connectivity index (χ0n) is 10.1. The monoisotopic (exact) mass is 193 g/mol. The summed E-state index contributed by atoms with van der Waals surface area (Å²) in [6.07, 6.45) is 3.88. The first-order valence-corrected chi connectivity index (χ1v) is 5.78. The molecule has 2 atom stereocenters. The van der Waals surface area contributed by atoms with Gasteiger partial charge in [-0.3, -0.25) is 4.90 Å². The van der Waals surface area contributed by atoms with Gasteiger partial charge in [-0.15, -0.1) is 0 Å². The minimum atomic E-state index is 0.377. The third kappa shape index (κ3) is 1.05. The van der Waals surface area contributed by atoms with Crippen molar-refractivity contribution >= 4 is 0 Å². The highest BCUT2D eigenvalue weighted by atomic mass is 15.2. The predicted octanol–water partition coefficient (Wildman–Crippen LogP) is 3.07. The SMILES string of the molecule is C=C1CCC2(C(C)(C)C)C1CCN2C. The van der Waals surface area contributed by atoms with Gasteiger partial charge < -0.3 is 0 Å². The molecule has 0 aromatic carbocycles. The van der Waals surface area contributed by atoms with Gasteiger partial charge in [-0.1, -0.05) is 32.9 Å². The Morgan fingerprint density at radius 3 is 2.57 bits per heavy atom. The van der Waals surface area contributed by atoms with E-state index < -0.39 is 0 Å². The number of hydrogen-bond acceptors (Lipinski definition) is 1. The third-order valence-electron chi connectivity index (χ3n) is 4.63. The maximum atomic E-state index is 4.26. The molecular formula is C13H23N. The first-order chi connectivity index (χ1) is 6.39. The van der Waals surface area contributed by atoms with Crippen LogP contribution in [-0.4, -0.2) is 24.0 Å². The molecule has 80 valence electrons. The van der Waals surface area contributed by atoms with E-state index >= 15 is 0 Å². The van der Waals surface area contributed by atoms with Gasteiger partial charge in [-0.05, 0) is 44.2 Å². The van der Waals surface area contributed by atoms with Crippen LogP contribution in [0.5, 0.6) is 0 Å². The van der Waals surface area contributed by atoms with Crippen LogP contribution < -0.4 is 0 Å². The Morgan fingerprint density at radius 2 is 2.07 bits per heavy atom. The van der Waals surface area contributed by atoms with Gasteiger partial charge in [-0.2, -0.15) is 0 Å². The van der Waals surface area contributed by atoms with Gasteiger partial charge >= 0.3 is 0 Å². The maximum absolute atomic E-state index is 4.26. The van der Waals surface area contributed by atoms with E-state index in [1.54, 1.807) is 0 Å². The molecule has 1 aliphatic carbocycles. The summed E-state index contributed by atoms with van der Waals surface area (Å²) in [6, 6.07) is 0. The molecule has 0 N–H and O–H groups in total. The lowest BCUT2D eigenvalue weighted by atomic mass is 9.68. The van der Waals surface area contributed by atoms with E-state index in [0.717, 1.165) is 5.92 Å². The van der Waals surface area contributed by atoms with Crippen molar-refractivity contribution in [3.63, 3.8) is 0 Å². The lowest BCUT2D eigenvalue weighted by molar-refractivity contribution is 0.0320. The summed E-state index contributed by atoms with van der Waals surface area (Å²) >= 11 is 0. The van der Waals surface area contributed by atoms with Gasteiger partial charge in [0.05, 0.1) is 0 Å². The molecule has 1 saturated heterocycles. The van der Waals surface area contributed by atoms with Crippen LogP contribution in [0.15, 0.2) is 12.2 Å². The lowest BCUT2D eigenvalue weighted by Crippen LogP contribution is -2.53. The zero-order valence-corrected chi connectivity index (χ0v) is 10.1. The second-order valence-electron chi connectivity index (χ2n) is 6.10. The standard InChI is InChI=1S/C13H23N/c1-10-6-8-13(12(2,3)4)11(10)7-9-14(13)5/h11H,1,6-9H2,2-5H3. The predicted molar refractivity (Wildman–Crippen MR) is 61.3 cm³/mol. The quantitative estimate of drug-likeness (QED) is 0.534. The Hall–Kier alpha value is -0.300. The van der Waals surface area contributed by atoms with Crippen molar-refractivity contribution in [3.05, 3.63) is 12.2 Å². The number of fused-ring (bicyclic) bond motifs is 1. The van der Waals surface area contributed by atoms with E-state index in [0.29, 0.717) is 11.0 Å². The average molecular weight is 193 g/mol. The van der Waals surface area contributed by atoms with Crippen molar-refractivity contribution in [1.29, 1.82) is 0 Å². The Morgan fingerprint density at radius 1 is 1.43 bits per heavy atom. The molecule has 1 heteroatoms. The van der Waals surface area contributed by atoms with Crippen molar-refractivity contribution in [2.45, 2.75) is 45.6 Å². The summed E-state index contributed by atoms with van der Waals surface area (Å²) in [7, 11) is 2.30. The summed E-state index contributed by atoms with van der Waals surface area (Å²) in [5, 5.41) is 0. The molecule has 2 unspecified atom stereocenters. The summed E-state index contributed by atoms with van der Waals surface area (Å²) in [5.41, 5.74) is 2.29. The van der Waals surface area contributed by atoms with Crippen LogP contribution in [0.2, 0.25) is 0 Å². The molecule has 2 fully saturated rings. The molecular weight excluding hydrogens is 170 g/mol. The number of hydrogen-bond donors (Lipinski definition) is 0. The van der Waals surface area contributed by atoms with Crippen LogP contribution in [0, 0.1) is 11.3 Å². The fraction of sp³-hybridized carbons (Fsp3) is 0.846. The van der Waals surface area contributed by atoms with E-state index in [1.807, 2.05) is 0 Å². The number of rotatable bonds is 0. The van der Waals surface area contributed by atoms with Crippen LogP contribution in [0.3, 0.4) is 0 Å². The second-order valence-corrected chi connectivity index (χ2v) is 6.10. The fourth-order valence-electron chi connectivity index (χ4n) is 3.93. The normalized spacial score (nSPS) is 39.1. The molecule has 0 aromatic rings. The molecule has 1 aliphatic heterocycles. The molecule has 1 heterocycles. The van der Waals surface area contributed by atoms with E-state index in [4.69, 9.17) is 0 Å². The fourth-order valence-corrected chi connectivity index (χ4v) is 3.93. The summed E-state index contributed by atoms with van der Waals surface area (Å²) in [5.74, 6) is 0.757. The van der Waals surface area contributed by atoms with E-state index in [2.05, 4.69) is 39.3 Å². The summed E-state index contributed by atoms with van der Waals surface area (Å²) in [6.45, 7) is 12.7. The van der Waals surface area contributed by atoms with Crippen molar-refractivity contribution in [2.75, 3.05) is 13.6 Å². The highest BCUT2D eigenvalue weighted by Crippen LogP contribution is 2.56. The minimum absolute atomic E-state index is 0.377. The minimum Gasteiger partial charge on any atom is -0.300 e. The van der Waals surface area contributed by atoms with E-state index in [1.165, 1.54) is 31.4 Å². The van der Waals surface area contributed by atoms with E-state index in [-0.39, 0.29) is 0 Å². The number of likely N-dealkylation sites (tertiary alicyclic amines) is 1. The van der Waals surface area contributed by atoms with Crippen LogP contribution >= 0.6 is 0 Å². The van der Waals surface area contributed by atoms with Crippen molar-refractivity contribution in [1.82, 2.24) is 4.90 Å². The third-order valence-corrected chi connectivity index (χ3v) is 4.63. The Kier molecular flexibility index (Phi) is 2.08. The summed E-state index contributed by atoms with van der Waals surface area (Å²) < 4.78 is 0. The molecule has 0 amide bonds. The zero-order chi connectivity index (χ0) is 10.6. The first-order valence-electron chi connectivity index (χ1n) is 5.78. The Balaban J connectivity index is 2.43. The second kappa shape index (κ2) is 2.85. The molecule has 0 aromatic heterocycles. The molecule has 0 bridgehead atoms. The maximum Gasteiger partial charge on any atom is 0.0323 e. The molecule has 14 heavy (non-hydrogen) atoms. The van der Waals surface area contributed by atoms with Gasteiger partial charge in [0.15, 0.2) is 0 Å². The smallest absolute Gasteiger partial charge is 0.0323 e. The van der Waals surface area contributed by atoms with Crippen molar-refractivity contribution in [3.8, 4) is 0 Å². The average Bonchev–Trinajstić information content (AvgIpc) is 2.53. The molecule has 2 aliphatic rings. The molecule has 0 spiro atoms. The topological polar surface area (TPSA) is 3.24 Å². The van der Waals surface area contributed by atoms with Crippen LogP contribution in [0.4, 0.5) is 0 Å². The Labute approximate surface area is 88.2 Å². The van der Waals surface area contributed by atoms with Crippen LogP contribution in [-0.2, 0) is 0 Å².